The van der Waals surface area contributed by atoms with E-state index < -0.39 is 12.1 Å². The van der Waals surface area contributed by atoms with Gasteiger partial charge in [0.25, 0.3) is 0 Å². The van der Waals surface area contributed by atoms with E-state index in [2.05, 4.69) is 0 Å². The Morgan fingerprint density at radius 2 is 2.29 bits per heavy atom. The van der Waals surface area contributed by atoms with Crippen molar-refractivity contribution in [2.75, 3.05) is 0 Å². The number of rotatable bonds is 3. The lowest BCUT2D eigenvalue weighted by Gasteiger charge is -2.24. The molecule has 90 valence electrons. The van der Waals surface area contributed by atoms with E-state index >= 15 is 0 Å². The van der Waals surface area contributed by atoms with Crippen LogP contribution in [-0.2, 0) is 4.79 Å². The maximum Gasteiger partial charge on any atom is 0.307 e. The maximum absolute atomic E-state index is 11.9. The van der Waals surface area contributed by atoms with Crippen molar-refractivity contribution in [1.82, 2.24) is 0 Å². The van der Waals surface area contributed by atoms with Crippen molar-refractivity contribution in [1.29, 1.82) is 0 Å². The van der Waals surface area contributed by atoms with Gasteiger partial charge in [-0.05, 0) is 12.1 Å². The molecule has 1 aliphatic rings. The number of carbonyl (C=O) groups excluding carboxylic acids is 1. The molecule has 1 unspecified atom stereocenters. The number of Topliss-reactive ketones (excluding diaryl/α,β-unsaturated/α-hetero) is 1. The number of carboxylic acids is 1. The fourth-order valence-electron chi connectivity index (χ4n) is 1.80. The highest BCUT2D eigenvalue weighted by molar-refractivity contribution is 7.93. The van der Waals surface area contributed by atoms with Gasteiger partial charge in [0.05, 0.1) is 12.0 Å². The van der Waals surface area contributed by atoms with Crippen LogP contribution in [0, 0.1) is 0 Å². The molecular weight excluding hydrogens is 244 g/mol. The molecule has 0 spiro atoms. The van der Waals surface area contributed by atoms with E-state index in [1.54, 1.807) is 18.2 Å². The maximum atomic E-state index is 11.9. The van der Waals surface area contributed by atoms with Crippen LogP contribution in [0.5, 0.6) is 5.75 Å². The third-order valence-electron chi connectivity index (χ3n) is 2.47. The van der Waals surface area contributed by atoms with Gasteiger partial charge in [-0.15, -0.1) is 0 Å². The summed E-state index contributed by atoms with van der Waals surface area (Å²) < 4.78 is 14.5. The predicted molar refractivity (Wildman–Crippen MR) is 60.5 cm³/mol. The second-order valence-corrected chi connectivity index (χ2v) is 4.31. The molecule has 2 N–H and O–H groups in total. The van der Waals surface area contributed by atoms with Crippen molar-refractivity contribution in [2.45, 2.75) is 23.8 Å². The minimum Gasteiger partial charge on any atom is -0.489 e. The lowest BCUT2D eigenvalue weighted by molar-refractivity contribution is -0.138. The van der Waals surface area contributed by atoms with Crippen LogP contribution in [-0.4, -0.2) is 27.5 Å². The molecule has 17 heavy (non-hydrogen) atoms. The summed E-state index contributed by atoms with van der Waals surface area (Å²) in [5.41, 5.74) is 0.335. The molecule has 1 heterocycles. The third-order valence-corrected chi connectivity index (χ3v) is 3.01. The van der Waals surface area contributed by atoms with E-state index in [4.69, 9.17) is 14.4 Å². The average Bonchev–Trinajstić information content (AvgIpc) is 2.27. The number of carboxylic acid groups (broad SMARTS) is 1. The summed E-state index contributed by atoms with van der Waals surface area (Å²) >= 11 is 0.485. The van der Waals surface area contributed by atoms with Crippen LogP contribution < -0.4 is 4.74 Å². The zero-order valence-corrected chi connectivity index (χ0v) is 9.57. The number of fused-ring (bicyclic) bond motifs is 1. The van der Waals surface area contributed by atoms with E-state index in [0.29, 0.717) is 28.3 Å². The average molecular weight is 254 g/mol. The molecule has 0 saturated heterocycles. The molecule has 2 rings (SSSR count). The van der Waals surface area contributed by atoms with Crippen molar-refractivity contribution < 1.29 is 24.0 Å². The number of ether oxygens (including phenoxy) is 1. The first-order chi connectivity index (χ1) is 8.11. The van der Waals surface area contributed by atoms with Gasteiger partial charge in [0.15, 0.2) is 5.78 Å². The first kappa shape index (κ1) is 11.9. The fourth-order valence-corrected chi connectivity index (χ4v) is 2.24. The van der Waals surface area contributed by atoms with Gasteiger partial charge < -0.3 is 14.4 Å². The molecular formula is C11H10O5S. The predicted octanol–water partition coefficient (Wildman–Crippen LogP) is 2.06. The molecule has 1 aromatic rings. The normalized spacial score (nSPS) is 18.4. The summed E-state index contributed by atoms with van der Waals surface area (Å²) in [4.78, 5) is 22.9. The van der Waals surface area contributed by atoms with Gasteiger partial charge in [0.1, 0.15) is 11.9 Å². The standard InChI is InChI=1S/C11H10O5S/c12-7-4-6(5-10(13)14)16-8-2-1-3-9(17-15)11(7)8/h1-3,6,15H,4-5H2,(H,13,14). The van der Waals surface area contributed by atoms with Gasteiger partial charge in [-0.1, -0.05) is 6.07 Å². The minimum atomic E-state index is -1.00. The van der Waals surface area contributed by atoms with Crippen LogP contribution in [0.15, 0.2) is 23.1 Å². The van der Waals surface area contributed by atoms with Crippen molar-refractivity contribution in [3.05, 3.63) is 23.8 Å². The van der Waals surface area contributed by atoms with Crippen molar-refractivity contribution >= 4 is 23.8 Å². The van der Waals surface area contributed by atoms with Gasteiger partial charge in [-0.2, -0.15) is 0 Å². The number of carbonyl (C=O) groups is 2. The summed E-state index contributed by atoms with van der Waals surface area (Å²) in [7, 11) is 0. The van der Waals surface area contributed by atoms with E-state index in [-0.39, 0.29) is 18.6 Å². The Hall–Kier alpha value is -1.53. The van der Waals surface area contributed by atoms with Gasteiger partial charge in [0.2, 0.25) is 0 Å². The molecule has 0 radical (unpaired) electrons. The summed E-state index contributed by atoms with van der Waals surface area (Å²) in [5, 5.41) is 8.67. The van der Waals surface area contributed by atoms with Crippen LogP contribution in [0.3, 0.4) is 0 Å². The Morgan fingerprint density at radius 3 is 2.94 bits per heavy atom. The minimum absolute atomic E-state index is 0.0247. The van der Waals surface area contributed by atoms with Crippen LogP contribution in [0.2, 0.25) is 0 Å². The summed E-state index contributed by atoms with van der Waals surface area (Å²) in [6.45, 7) is 0. The third kappa shape index (κ3) is 2.42. The molecule has 0 bridgehead atoms. The lowest BCUT2D eigenvalue weighted by Crippen LogP contribution is -2.29. The number of hydrogen-bond acceptors (Lipinski definition) is 5. The largest absolute Gasteiger partial charge is 0.489 e. The number of aliphatic carboxylic acids is 1. The molecule has 0 fully saturated rings. The Morgan fingerprint density at radius 1 is 1.53 bits per heavy atom. The first-order valence-electron chi connectivity index (χ1n) is 4.98. The molecule has 1 aliphatic heterocycles. The lowest BCUT2D eigenvalue weighted by atomic mass is 9.99. The van der Waals surface area contributed by atoms with Crippen LogP contribution >= 0.6 is 12.0 Å². The van der Waals surface area contributed by atoms with Crippen LogP contribution in [0.1, 0.15) is 23.2 Å². The summed E-state index contributed by atoms with van der Waals surface area (Å²) in [5.74, 6) is -0.861. The van der Waals surface area contributed by atoms with Crippen LogP contribution in [0.4, 0.5) is 0 Å². The van der Waals surface area contributed by atoms with E-state index in [9.17, 15) is 9.59 Å². The molecule has 0 saturated carbocycles. The quantitative estimate of drug-likeness (QED) is 0.803. The SMILES string of the molecule is O=C(O)CC1CC(=O)c2c(cccc2SO)O1. The van der Waals surface area contributed by atoms with Gasteiger partial charge >= 0.3 is 5.97 Å². The Labute approximate surface area is 102 Å². The van der Waals surface area contributed by atoms with Gasteiger partial charge in [-0.25, -0.2) is 0 Å². The second kappa shape index (κ2) is 4.77. The highest BCUT2D eigenvalue weighted by atomic mass is 32.2. The fraction of sp³-hybridized carbons (Fsp3) is 0.273. The molecule has 0 aliphatic carbocycles. The summed E-state index contributed by atoms with van der Waals surface area (Å²) in [6.07, 6.45) is -0.815. The highest BCUT2D eigenvalue weighted by Gasteiger charge is 2.30. The number of ketones is 1. The monoisotopic (exact) mass is 254 g/mol. The number of hydrogen-bond donors (Lipinski definition) is 2. The van der Waals surface area contributed by atoms with Gasteiger partial charge in [-0.3, -0.25) is 9.59 Å². The Bertz CT molecular complexity index is 471. The molecule has 1 aromatic carbocycles. The van der Waals surface area contributed by atoms with Gasteiger partial charge in [0, 0.05) is 23.4 Å². The number of benzene rings is 1. The second-order valence-electron chi connectivity index (χ2n) is 3.69. The zero-order chi connectivity index (χ0) is 12.4. The molecule has 5 nitrogen and oxygen atoms in total. The molecule has 6 heteroatoms. The Kier molecular flexibility index (Phi) is 3.35. The van der Waals surface area contributed by atoms with Crippen molar-refractivity contribution in [3.63, 3.8) is 0 Å². The zero-order valence-electron chi connectivity index (χ0n) is 8.75. The van der Waals surface area contributed by atoms with E-state index in [1.807, 2.05) is 0 Å². The highest BCUT2D eigenvalue weighted by Crippen LogP contribution is 2.34. The molecule has 1 atom stereocenters. The van der Waals surface area contributed by atoms with E-state index in [1.165, 1.54) is 0 Å². The molecule has 0 amide bonds. The topological polar surface area (TPSA) is 83.8 Å². The Balaban J connectivity index is 2.32. The van der Waals surface area contributed by atoms with Crippen molar-refractivity contribution in [2.24, 2.45) is 0 Å². The molecule has 0 aromatic heterocycles. The summed E-state index contributed by atoms with van der Waals surface area (Å²) in [6, 6.07) is 4.86. The first-order valence-corrected chi connectivity index (χ1v) is 5.75. The smallest absolute Gasteiger partial charge is 0.307 e. The van der Waals surface area contributed by atoms with Crippen molar-refractivity contribution in [3.8, 4) is 5.75 Å². The van der Waals surface area contributed by atoms with E-state index in [0.717, 1.165) is 0 Å². The van der Waals surface area contributed by atoms with Crippen LogP contribution in [0.25, 0.3) is 0 Å².